The van der Waals surface area contributed by atoms with E-state index in [0.717, 1.165) is 38.3 Å². The van der Waals surface area contributed by atoms with Crippen molar-refractivity contribution in [1.29, 1.82) is 0 Å². The second kappa shape index (κ2) is 9.99. The molecule has 0 bridgehead atoms. The maximum absolute atomic E-state index is 13.9. The van der Waals surface area contributed by atoms with Crippen LogP contribution >= 0.6 is 0 Å². The van der Waals surface area contributed by atoms with Crippen LogP contribution in [0.4, 0.5) is 8.78 Å². The number of hydrogen-bond acceptors (Lipinski definition) is 3. The molecule has 2 aromatic rings. The van der Waals surface area contributed by atoms with E-state index in [-0.39, 0.29) is 0 Å². The van der Waals surface area contributed by atoms with Crippen LogP contribution in [0.15, 0.2) is 42.5 Å². The maximum atomic E-state index is 13.9. The SMILES string of the molecule is COc1ccc(CCN2CCC[C@@H](CN(C)Cc3cccc(F)c3F)C2)cc1. The van der Waals surface area contributed by atoms with E-state index >= 15 is 0 Å². The summed E-state index contributed by atoms with van der Waals surface area (Å²) in [5.41, 5.74) is 1.75. The Morgan fingerprint density at radius 2 is 1.93 bits per heavy atom. The van der Waals surface area contributed by atoms with Crippen molar-refractivity contribution >= 4 is 0 Å². The number of benzene rings is 2. The zero-order valence-corrected chi connectivity index (χ0v) is 16.8. The lowest BCUT2D eigenvalue weighted by molar-refractivity contribution is 0.142. The summed E-state index contributed by atoms with van der Waals surface area (Å²) in [5.74, 6) is -0.0434. The van der Waals surface area contributed by atoms with E-state index in [0.29, 0.717) is 18.0 Å². The molecule has 3 rings (SSSR count). The molecule has 1 aliphatic heterocycles. The lowest BCUT2D eigenvalue weighted by Crippen LogP contribution is -2.40. The Morgan fingerprint density at radius 1 is 1.14 bits per heavy atom. The van der Waals surface area contributed by atoms with Crippen molar-refractivity contribution in [2.75, 3.05) is 40.3 Å². The van der Waals surface area contributed by atoms with Crippen LogP contribution in [-0.4, -0.2) is 50.1 Å². The molecule has 1 aliphatic rings. The molecule has 0 N–H and O–H groups in total. The van der Waals surface area contributed by atoms with Crippen LogP contribution in [0.2, 0.25) is 0 Å². The molecule has 1 atom stereocenters. The fourth-order valence-corrected chi connectivity index (χ4v) is 4.05. The van der Waals surface area contributed by atoms with E-state index in [1.54, 1.807) is 19.2 Å². The molecule has 1 heterocycles. The van der Waals surface area contributed by atoms with Gasteiger partial charge in [0.05, 0.1) is 7.11 Å². The van der Waals surface area contributed by atoms with Crippen molar-refractivity contribution in [1.82, 2.24) is 9.80 Å². The molecule has 0 aliphatic carbocycles. The summed E-state index contributed by atoms with van der Waals surface area (Å²) in [6.45, 7) is 4.58. The van der Waals surface area contributed by atoms with Gasteiger partial charge in [-0.25, -0.2) is 8.78 Å². The lowest BCUT2D eigenvalue weighted by Gasteiger charge is -2.34. The van der Waals surface area contributed by atoms with Crippen LogP contribution in [0, 0.1) is 17.6 Å². The highest BCUT2D eigenvalue weighted by molar-refractivity contribution is 5.27. The number of nitrogens with zero attached hydrogens (tertiary/aromatic N) is 2. The van der Waals surface area contributed by atoms with Crippen molar-refractivity contribution < 1.29 is 13.5 Å². The fourth-order valence-electron chi connectivity index (χ4n) is 4.05. The van der Waals surface area contributed by atoms with E-state index in [4.69, 9.17) is 4.74 Å². The molecule has 2 aromatic carbocycles. The third-order valence-electron chi connectivity index (χ3n) is 5.52. The molecule has 0 unspecified atom stereocenters. The Kier molecular flexibility index (Phi) is 7.40. The fraction of sp³-hybridized carbons (Fsp3) is 0.478. The highest BCUT2D eigenvalue weighted by atomic mass is 19.2. The minimum Gasteiger partial charge on any atom is -0.497 e. The van der Waals surface area contributed by atoms with E-state index in [1.807, 2.05) is 19.2 Å². The van der Waals surface area contributed by atoms with Crippen molar-refractivity contribution in [3.63, 3.8) is 0 Å². The molecule has 152 valence electrons. The molecular weight excluding hydrogens is 358 g/mol. The number of methoxy groups -OCH3 is 1. The van der Waals surface area contributed by atoms with Gasteiger partial charge in [-0.05, 0) is 62.5 Å². The molecule has 0 radical (unpaired) electrons. The van der Waals surface area contributed by atoms with Gasteiger partial charge in [-0.3, -0.25) is 0 Å². The first-order valence-electron chi connectivity index (χ1n) is 10.0. The van der Waals surface area contributed by atoms with Gasteiger partial charge in [0.25, 0.3) is 0 Å². The zero-order valence-electron chi connectivity index (χ0n) is 16.8. The summed E-state index contributed by atoms with van der Waals surface area (Å²) < 4.78 is 32.5. The number of ether oxygens (including phenoxy) is 1. The summed E-state index contributed by atoms with van der Waals surface area (Å²) >= 11 is 0. The van der Waals surface area contributed by atoms with Crippen LogP contribution in [0.5, 0.6) is 5.75 Å². The van der Waals surface area contributed by atoms with E-state index in [2.05, 4.69) is 21.9 Å². The van der Waals surface area contributed by atoms with E-state index in [9.17, 15) is 8.78 Å². The first-order valence-corrected chi connectivity index (χ1v) is 10.0. The predicted molar refractivity (Wildman–Crippen MR) is 109 cm³/mol. The molecule has 28 heavy (non-hydrogen) atoms. The minimum atomic E-state index is -0.770. The smallest absolute Gasteiger partial charge is 0.163 e. The first-order chi connectivity index (χ1) is 13.5. The lowest BCUT2D eigenvalue weighted by atomic mass is 9.97. The van der Waals surface area contributed by atoms with Crippen molar-refractivity contribution in [3.05, 3.63) is 65.2 Å². The van der Waals surface area contributed by atoms with Gasteiger partial charge >= 0.3 is 0 Å². The van der Waals surface area contributed by atoms with Gasteiger partial charge < -0.3 is 14.5 Å². The number of halogens is 2. The van der Waals surface area contributed by atoms with Crippen LogP contribution < -0.4 is 4.74 Å². The van der Waals surface area contributed by atoms with Crippen molar-refractivity contribution in [2.45, 2.75) is 25.8 Å². The van der Waals surface area contributed by atoms with Gasteiger partial charge in [0.15, 0.2) is 11.6 Å². The minimum absolute atomic E-state index is 0.426. The predicted octanol–water partition coefficient (Wildman–Crippen LogP) is 4.36. The van der Waals surface area contributed by atoms with Crippen LogP contribution in [0.3, 0.4) is 0 Å². The number of hydrogen-bond donors (Lipinski definition) is 0. The summed E-state index contributed by atoms with van der Waals surface area (Å²) in [4.78, 5) is 4.63. The summed E-state index contributed by atoms with van der Waals surface area (Å²) in [7, 11) is 3.67. The Hall–Kier alpha value is -1.98. The highest BCUT2D eigenvalue weighted by Crippen LogP contribution is 2.20. The van der Waals surface area contributed by atoms with Crippen LogP contribution in [-0.2, 0) is 13.0 Å². The van der Waals surface area contributed by atoms with Gasteiger partial charge in [-0.2, -0.15) is 0 Å². The average molecular weight is 389 g/mol. The van der Waals surface area contributed by atoms with Gasteiger partial charge in [0.2, 0.25) is 0 Å². The Morgan fingerprint density at radius 3 is 2.68 bits per heavy atom. The third-order valence-corrected chi connectivity index (χ3v) is 5.52. The third kappa shape index (κ3) is 5.76. The van der Waals surface area contributed by atoms with Crippen molar-refractivity contribution in [3.8, 4) is 5.75 Å². The molecule has 0 amide bonds. The standard InChI is InChI=1S/C23H30F2N2O/c1-26(17-20-6-3-7-22(24)23(20)25)15-19-5-4-13-27(16-19)14-12-18-8-10-21(28-2)11-9-18/h3,6-11,19H,4-5,12-17H2,1-2H3/t19-/m0/s1. The number of rotatable bonds is 8. The average Bonchev–Trinajstić information content (AvgIpc) is 2.70. The largest absolute Gasteiger partial charge is 0.497 e. The summed E-state index contributed by atoms with van der Waals surface area (Å²) in [5, 5.41) is 0. The van der Waals surface area contributed by atoms with Crippen LogP contribution in [0.1, 0.15) is 24.0 Å². The van der Waals surface area contributed by atoms with E-state index in [1.165, 1.54) is 24.5 Å². The van der Waals surface area contributed by atoms with Crippen LogP contribution in [0.25, 0.3) is 0 Å². The van der Waals surface area contributed by atoms with Gasteiger partial charge in [0, 0.05) is 31.7 Å². The monoisotopic (exact) mass is 388 g/mol. The Labute approximate surface area is 166 Å². The molecule has 1 fully saturated rings. The Bertz CT molecular complexity index is 751. The van der Waals surface area contributed by atoms with Gasteiger partial charge in [0.1, 0.15) is 5.75 Å². The zero-order chi connectivity index (χ0) is 19.9. The second-order valence-corrected chi connectivity index (χ2v) is 7.82. The molecular formula is C23H30F2N2O. The van der Waals surface area contributed by atoms with Gasteiger partial charge in [-0.1, -0.05) is 24.3 Å². The summed E-state index contributed by atoms with van der Waals surface area (Å²) in [6, 6.07) is 12.7. The highest BCUT2D eigenvalue weighted by Gasteiger charge is 2.21. The normalized spacial score (nSPS) is 17.8. The molecule has 3 nitrogen and oxygen atoms in total. The van der Waals surface area contributed by atoms with Gasteiger partial charge in [-0.15, -0.1) is 0 Å². The topological polar surface area (TPSA) is 15.7 Å². The van der Waals surface area contributed by atoms with Crippen molar-refractivity contribution in [2.24, 2.45) is 5.92 Å². The first kappa shape index (κ1) is 20.7. The number of piperidine rings is 1. The molecule has 0 aromatic heterocycles. The quantitative estimate of drug-likeness (QED) is 0.668. The molecule has 1 saturated heterocycles. The number of likely N-dealkylation sites (tertiary alicyclic amines) is 1. The van der Waals surface area contributed by atoms with E-state index < -0.39 is 11.6 Å². The molecule has 0 spiro atoms. The second-order valence-electron chi connectivity index (χ2n) is 7.82. The summed E-state index contributed by atoms with van der Waals surface area (Å²) in [6.07, 6.45) is 3.41. The Balaban J connectivity index is 1.46. The molecule has 0 saturated carbocycles. The maximum Gasteiger partial charge on any atom is 0.163 e. The molecule has 5 heteroatoms.